The lowest BCUT2D eigenvalue weighted by atomic mass is 10.3. The van der Waals surface area contributed by atoms with Crippen LogP contribution >= 0.6 is 0 Å². The Balaban J connectivity index is 1.56. The van der Waals surface area contributed by atoms with Crippen LogP contribution < -0.4 is 5.32 Å². The van der Waals surface area contributed by atoms with Gasteiger partial charge in [-0.25, -0.2) is 4.79 Å². The summed E-state index contributed by atoms with van der Waals surface area (Å²) < 4.78 is 1.71. The lowest BCUT2D eigenvalue weighted by Crippen LogP contribution is -2.30. The summed E-state index contributed by atoms with van der Waals surface area (Å²) in [6.45, 7) is 0.489. The van der Waals surface area contributed by atoms with Crippen LogP contribution in [0.2, 0.25) is 0 Å². The van der Waals surface area contributed by atoms with Gasteiger partial charge in [0.1, 0.15) is 0 Å². The molecule has 0 saturated heterocycles. The first-order valence-electron chi connectivity index (χ1n) is 8.16. The quantitative estimate of drug-likeness (QED) is 0.689. The van der Waals surface area contributed by atoms with Crippen molar-refractivity contribution < 1.29 is 4.79 Å². The van der Waals surface area contributed by atoms with Crippen LogP contribution in [0, 0.1) is 0 Å². The summed E-state index contributed by atoms with van der Waals surface area (Å²) in [6.07, 6.45) is 3.63. The van der Waals surface area contributed by atoms with E-state index in [-0.39, 0.29) is 6.03 Å². The van der Waals surface area contributed by atoms with Gasteiger partial charge in [-0.15, -0.1) is 0 Å². The fourth-order valence-electron chi connectivity index (χ4n) is 2.34. The SMILES string of the molecule is CN(Cc1cnn(C)c1)C(=O)Nc1ccc(N=Nc2ccccc2)cc1. The summed E-state index contributed by atoms with van der Waals surface area (Å²) in [7, 11) is 3.59. The maximum atomic E-state index is 12.3. The Morgan fingerprint density at radius 2 is 1.73 bits per heavy atom. The molecule has 0 aliphatic carbocycles. The minimum atomic E-state index is -0.187. The molecule has 0 bridgehead atoms. The number of nitrogens with zero attached hydrogens (tertiary/aromatic N) is 5. The number of hydrogen-bond acceptors (Lipinski definition) is 4. The predicted octanol–water partition coefficient (Wildman–Crippen LogP) is 4.50. The second-order valence-electron chi connectivity index (χ2n) is 5.89. The molecule has 0 aliphatic rings. The highest BCUT2D eigenvalue weighted by Crippen LogP contribution is 2.20. The van der Waals surface area contributed by atoms with Crippen molar-refractivity contribution in [3.63, 3.8) is 0 Å². The second kappa shape index (κ2) is 8.06. The molecule has 1 N–H and O–H groups in total. The zero-order valence-electron chi connectivity index (χ0n) is 14.7. The Bertz CT molecular complexity index is 886. The zero-order valence-corrected chi connectivity index (χ0v) is 14.7. The molecule has 0 aliphatic heterocycles. The first kappa shape index (κ1) is 17.3. The molecular weight excluding hydrogens is 328 g/mol. The van der Waals surface area contributed by atoms with E-state index < -0.39 is 0 Å². The lowest BCUT2D eigenvalue weighted by molar-refractivity contribution is 0.220. The van der Waals surface area contributed by atoms with Crippen molar-refractivity contribution in [1.29, 1.82) is 0 Å². The molecule has 2 amide bonds. The number of rotatable bonds is 5. The molecule has 132 valence electrons. The van der Waals surface area contributed by atoms with E-state index in [9.17, 15) is 4.79 Å². The van der Waals surface area contributed by atoms with Gasteiger partial charge in [0.15, 0.2) is 0 Å². The highest BCUT2D eigenvalue weighted by atomic mass is 16.2. The summed E-state index contributed by atoms with van der Waals surface area (Å²) in [4.78, 5) is 13.9. The number of carbonyl (C=O) groups is 1. The first-order valence-corrected chi connectivity index (χ1v) is 8.16. The molecule has 1 heterocycles. The van der Waals surface area contributed by atoms with E-state index in [0.717, 1.165) is 16.9 Å². The van der Waals surface area contributed by atoms with Crippen LogP contribution in [-0.2, 0) is 13.6 Å². The average Bonchev–Trinajstić information content (AvgIpc) is 3.06. The van der Waals surface area contributed by atoms with Crippen LogP contribution in [0.1, 0.15) is 5.56 Å². The summed E-state index contributed by atoms with van der Waals surface area (Å²) in [6, 6.07) is 16.6. The van der Waals surface area contributed by atoms with Crippen molar-refractivity contribution in [1.82, 2.24) is 14.7 Å². The normalized spacial score (nSPS) is 10.8. The van der Waals surface area contributed by atoms with Crippen LogP contribution in [0.4, 0.5) is 21.9 Å². The van der Waals surface area contributed by atoms with Crippen molar-refractivity contribution in [2.24, 2.45) is 17.3 Å². The van der Waals surface area contributed by atoms with Crippen molar-refractivity contribution in [2.75, 3.05) is 12.4 Å². The molecule has 0 radical (unpaired) electrons. The highest BCUT2D eigenvalue weighted by Gasteiger charge is 2.10. The molecule has 0 unspecified atom stereocenters. The molecule has 7 nitrogen and oxygen atoms in total. The number of azo groups is 1. The minimum Gasteiger partial charge on any atom is -0.323 e. The fraction of sp³-hybridized carbons (Fsp3) is 0.158. The summed E-state index contributed by atoms with van der Waals surface area (Å²) >= 11 is 0. The Labute approximate surface area is 152 Å². The molecule has 26 heavy (non-hydrogen) atoms. The van der Waals surface area contributed by atoms with Gasteiger partial charge in [0.25, 0.3) is 0 Å². The summed E-state index contributed by atoms with van der Waals surface area (Å²) in [5, 5.41) is 15.3. The van der Waals surface area contributed by atoms with E-state index in [1.165, 1.54) is 0 Å². The van der Waals surface area contributed by atoms with Crippen molar-refractivity contribution in [2.45, 2.75) is 6.54 Å². The van der Waals surface area contributed by atoms with Gasteiger partial charge < -0.3 is 10.2 Å². The van der Waals surface area contributed by atoms with E-state index >= 15 is 0 Å². The molecule has 3 aromatic rings. The van der Waals surface area contributed by atoms with Crippen LogP contribution in [-0.4, -0.2) is 27.8 Å². The Hall–Kier alpha value is -3.48. The molecule has 2 aromatic carbocycles. The number of aromatic nitrogens is 2. The van der Waals surface area contributed by atoms with Gasteiger partial charge in [0.05, 0.1) is 24.1 Å². The summed E-state index contributed by atoms with van der Waals surface area (Å²) in [5.74, 6) is 0. The molecule has 3 rings (SSSR count). The van der Waals surface area contributed by atoms with Gasteiger partial charge in [-0.05, 0) is 36.4 Å². The third kappa shape index (κ3) is 4.76. The number of aryl methyl sites for hydroxylation is 1. The Kier molecular flexibility index (Phi) is 5.38. The number of carbonyl (C=O) groups excluding carboxylic acids is 1. The van der Waals surface area contributed by atoms with Gasteiger partial charge in [0.2, 0.25) is 0 Å². The molecule has 7 heteroatoms. The van der Waals surface area contributed by atoms with E-state index in [1.54, 1.807) is 35.0 Å². The molecule has 0 fully saturated rings. The monoisotopic (exact) mass is 348 g/mol. The van der Waals surface area contributed by atoms with Gasteiger partial charge in [0, 0.05) is 31.5 Å². The minimum absolute atomic E-state index is 0.187. The van der Waals surface area contributed by atoms with Gasteiger partial charge in [-0.1, -0.05) is 18.2 Å². The largest absolute Gasteiger partial charge is 0.323 e. The maximum absolute atomic E-state index is 12.3. The van der Waals surface area contributed by atoms with Gasteiger partial charge in [-0.2, -0.15) is 15.3 Å². The van der Waals surface area contributed by atoms with Crippen LogP contribution in [0.3, 0.4) is 0 Å². The van der Waals surface area contributed by atoms with Gasteiger partial charge in [-0.3, -0.25) is 4.68 Å². The van der Waals surface area contributed by atoms with E-state index in [2.05, 4.69) is 20.6 Å². The Morgan fingerprint density at radius 3 is 2.35 bits per heavy atom. The lowest BCUT2D eigenvalue weighted by Gasteiger charge is -2.17. The maximum Gasteiger partial charge on any atom is 0.321 e. The fourth-order valence-corrected chi connectivity index (χ4v) is 2.34. The third-order valence-corrected chi connectivity index (χ3v) is 3.68. The number of hydrogen-bond donors (Lipinski definition) is 1. The van der Waals surface area contributed by atoms with Crippen molar-refractivity contribution in [3.8, 4) is 0 Å². The zero-order chi connectivity index (χ0) is 18.4. The van der Waals surface area contributed by atoms with E-state index in [1.807, 2.05) is 55.7 Å². The number of anilines is 1. The smallest absolute Gasteiger partial charge is 0.321 e. The molecule has 0 atom stereocenters. The molecule has 0 spiro atoms. The summed E-state index contributed by atoms with van der Waals surface area (Å²) in [5.41, 5.74) is 3.19. The van der Waals surface area contributed by atoms with Crippen LogP contribution in [0.5, 0.6) is 0 Å². The number of nitrogens with one attached hydrogen (secondary N) is 1. The standard InChI is InChI=1S/C19H20N6O/c1-24(13-15-12-20-25(2)14-15)19(26)21-16-8-10-18(11-9-16)23-22-17-6-4-3-5-7-17/h3-12,14H,13H2,1-2H3,(H,21,26). The third-order valence-electron chi connectivity index (χ3n) is 3.68. The van der Waals surface area contributed by atoms with Crippen LogP contribution in [0.15, 0.2) is 77.2 Å². The van der Waals surface area contributed by atoms with E-state index in [4.69, 9.17) is 0 Å². The van der Waals surface area contributed by atoms with E-state index in [0.29, 0.717) is 12.2 Å². The number of benzene rings is 2. The molecule has 0 saturated carbocycles. The number of amides is 2. The second-order valence-corrected chi connectivity index (χ2v) is 5.89. The predicted molar refractivity (Wildman–Crippen MR) is 101 cm³/mol. The van der Waals surface area contributed by atoms with Gasteiger partial charge >= 0.3 is 6.03 Å². The average molecular weight is 348 g/mol. The molecule has 1 aromatic heterocycles. The Morgan fingerprint density at radius 1 is 1.08 bits per heavy atom. The number of urea groups is 1. The highest BCUT2D eigenvalue weighted by molar-refractivity contribution is 5.89. The first-order chi connectivity index (χ1) is 12.6. The molecular formula is C19H20N6O. The van der Waals surface area contributed by atoms with Crippen molar-refractivity contribution in [3.05, 3.63) is 72.6 Å². The van der Waals surface area contributed by atoms with Crippen LogP contribution in [0.25, 0.3) is 0 Å². The van der Waals surface area contributed by atoms with Crippen molar-refractivity contribution >= 4 is 23.1 Å². The topological polar surface area (TPSA) is 74.9 Å².